The smallest absolute Gasteiger partial charge is 0.116 e. The molecular formula is C24H28ClN5. The number of aromatic amines is 1. The van der Waals surface area contributed by atoms with E-state index in [1.165, 1.54) is 63.7 Å². The van der Waals surface area contributed by atoms with E-state index in [2.05, 4.69) is 20.0 Å². The lowest BCUT2D eigenvalue weighted by atomic mass is 9.81. The lowest BCUT2D eigenvalue weighted by Crippen LogP contribution is -2.41. The van der Waals surface area contributed by atoms with Crippen molar-refractivity contribution >= 4 is 11.6 Å². The number of benzene rings is 1. The van der Waals surface area contributed by atoms with Crippen molar-refractivity contribution in [3.63, 3.8) is 0 Å². The van der Waals surface area contributed by atoms with Crippen LogP contribution >= 0.6 is 11.6 Å². The fourth-order valence-electron chi connectivity index (χ4n) is 5.18. The summed E-state index contributed by atoms with van der Waals surface area (Å²) in [6.07, 6.45) is 12.5. The van der Waals surface area contributed by atoms with Crippen LogP contribution in [0.1, 0.15) is 56.6 Å². The Morgan fingerprint density at radius 2 is 1.70 bits per heavy atom. The quantitative estimate of drug-likeness (QED) is 0.587. The van der Waals surface area contributed by atoms with Gasteiger partial charge >= 0.3 is 0 Å². The van der Waals surface area contributed by atoms with Crippen molar-refractivity contribution in [1.29, 1.82) is 0 Å². The summed E-state index contributed by atoms with van der Waals surface area (Å²) in [5, 5.41) is 8.86. The first-order chi connectivity index (χ1) is 14.8. The van der Waals surface area contributed by atoms with Gasteiger partial charge < -0.3 is 4.90 Å². The van der Waals surface area contributed by atoms with Crippen molar-refractivity contribution in [2.75, 3.05) is 13.1 Å². The zero-order valence-corrected chi connectivity index (χ0v) is 18.0. The first-order valence-electron chi connectivity index (χ1n) is 11.1. The van der Waals surface area contributed by atoms with Gasteiger partial charge in [-0.25, -0.2) is 9.97 Å². The van der Waals surface area contributed by atoms with Gasteiger partial charge in [-0.3, -0.25) is 5.10 Å². The number of nitrogens with zero attached hydrogens (tertiary/aromatic N) is 4. The summed E-state index contributed by atoms with van der Waals surface area (Å²) < 4.78 is 0. The second kappa shape index (κ2) is 8.86. The molecule has 5 nitrogen and oxygen atoms in total. The van der Waals surface area contributed by atoms with Crippen molar-refractivity contribution < 1.29 is 0 Å². The average Bonchev–Trinajstić information content (AvgIpc) is 3.26. The van der Waals surface area contributed by atoms with Crippen LogP contribution in [0.3, 0.4) is 0 Å². The first kappa shape index (κ1) is 19.7. The molecule has 2 aromatic heterocycles. The van der Waals surface area contributed by atoms with Crippen molar-refractivity contribution in [3.8, 4) is 22.5 Å². The van der Waals surface area contributed by atoms with E-state index in [-0.39, 0.29) is 0 Å². The summed E-state index contributed by atoms with van der Waals surface area (Å²) in [5.74, 6) is 0.490. The summed E-state index contributed by atoms with van der Waals surface area (Å²) >= 11 is 6.11. The van der Waals surface area contributed by atoms with Gasteiger partial charge in [0, 0.05) is 40.0 Å². The number of halogens is 1. The van der Waals surface area contributed by atoms with E-state index in [0.717, 1.165) is 33.6 Å². The maximum atomic E-state index is 6.11. The molecule has 2 fully saturated rings. The lowest BCUT2D eigenvalue weighted by Gasteiger charge is -2.38. The lowest BCUT2D eigenvalue weighted by molar-refractivity contribution is 0.125. The summed E-state index contributed by atoms with van der Waals surface area (Å²) in [6, 6.07) is 10.6. The Morgan fingerprint density at radius 1 is 0.933 bits per heavy atom. The molecule has 0 bridgehead atoms. The molecule has 0 atom stereocenters. The monoisotopic (exact) mass is 421 g/mol. The van der Waals surface area contributed by atoms with E-state index in [1.807, 2.05) is 30.3 Å². The summed E-state index contributed by atoms with van der Waals surface area (Å²) in [5.41, 5.74) is 5.25. The minimum Gasteiger partial charge on any atom is -0.300 e. The first-order valence-corrected chi connectivity index (χ1v) is 11.5. The predicted molar refractivity (Wildman–Crippen MR) is 120 cm³/mol. The number of hydrogen-bond acceptors (Lipinski definition) is 4. The van der Waals surface area contributed by atoms with E-state index in [9.17, 15) is 0 Å². The van der Waals surface area contributed by atoms with Crippen LogP contribution in [-0.4, -0.2) is 44.2 Å². The maximum Gasteiger partial charge on any atom is 0.116 e. The summed E-state index contributed by atoms with van der Waals surface area (Å²) in [4.78, 5) is 11.4. The molecule has 1 saturated carbocycles. The number of aromatic nitrogens is 4. The maximum absolute atomic E-state index is 6.11. The Kier molecular flexibility index (Phi) is 5.82. The topological polar surface area (TPSA) is 57.7 Å². The van der Waals surface area contributed by atoms with Crippen molar-refractivity contribution in [1.82, 2.24) is 25.1 Å². The largest absolute Gasteiger partial charge is 0.300 e. The third-order valence-electron chi connectivity index (χ3n) is 6.76. The van der Waals surface area contributed by atoms with Gasteiger partial charge in [0.2, 0.25) is 0 Å². The van der Waals surface area contributed by atoms with E-state index in [0.29, 0.717) is 5.92 Å². The molecule has 1 aliphatic heterocycles. The van der Waals surface area contributed by atoms with E-state index >= 15 is 0 Å². The van der Waals surface area contributed by atoms with Crippen LogP contribution in [0.5, 0.6) is 0 Å². The Hall–Kier alpha value is -2.24. The van der Waals surface area contributed by atoms with Crippen LogP contribution in [0.4, 0.5) is 0 Å². The highest BCUT2D eigenvalue weighted by Crippen LogP contribution is 2.42. The molecule has 2 aliphatic rings. The fraction of sp³-hybridized carbons (Fsp3) is 0.458. The molecule has 156 valence electrons. The number of nitrogens with one attached hydrogen (secondary N) is 1. The highest BCUT2D eigenvalue weighted by atomic mass is 35.5. The van der Waals surface area contributed by atoms with Crippen LogP contribution in [0.2, 0.25) is 5.02 Å². The minimum atomic E-state index is 0.490. The number of piperidine rings is 1. The molecule has 6 heteroatoms. The molecular weight excluding hydrogens is 394 g/mol. The zero-order chi connectivity index (χ0) is 20.3. The Balaban J connectivity index is 1.43. The molecule has 1 saturated heterocycles. The second-order valence-electron chi connectivity index (χ2n) is 8.56. The molecule has 3 heterocycles. The molecule has 5 rings (SSSR count). The Morgan fingerprint density at radius 3 is 2.40 bits per heavy atom. The van der Waals surface area contributed by atoms with E-state index in [4.69, 9.17) is 16.7 Å². The zero-order valence-electron chi connectivity index (χ0n) is 17.2. The summed E-state index contributed by atoms with van der Waals surface area (Å²) in [7, 11) is 0. The van der Waals surface area contributed by atoms with Crippen molar-refractivity contribution in [2.24, 2.45) is 0 Å². The van der Waals surface area contributed by atoms with Gasteiger partial charge in [-0.1, -0.05) is 30.2 Å². The standard InChI is InChI=1S/C24H28ClN5/c25-19-8-4-17(5-9-19)23-22(21-12-13-26-16-27-21)24(29-28-23)18-6-10-20(11-7-18)30-14-2-1-3-15-30/h4-5,8-9,12-13,16,18,20H,1-3,6-7,10-11,14-15H2,(H,28,29). The molecule has 1 N–H and O–H groups in total. The Labute approximate surface area is 182 Å². The normalized spacial score (nSPS) is 22.8. The van der Waals surface area contributed by atoms with Crippen LogP contribution in [0.15, 0.2) is 42.9 Å². The number of likely N-dealkylation sites (tertiary alicyclic amines) is 1. The van der Waals surface area contributed by atoms with Gasteiger partial charge in [-0.15, -0.1) is 0 Å². The van der Waals surface area contributed by atoms with Gasteiger partial charge in [-0.05, 0) is 69.8 Å². The van der Waals surface area contributed by atoms with Gasteiger partial charge in [-0.2, -0.15) is 5.10 Å². The van der Waals surface area contributed by atoms with E-state index in [1.54, 1.807) is 12.5 Å². The van der Waals surface area contributed by atoms with Gasteiger partial charge in [0.15, 0.2) is 0 Å². The van der Waals surface area contributed by atoms with Gasteiger partial charge in [0.1, 0.15) is 12.0 Å². The number of hydrogen-bond donors (Lipinski definition) is 1. The SMILES string of the molecule is Clc1ccc(-c2n[nH]c(C3CCC(N4CCCCC4)CC3)c2-c2ccncn2)cc1. The molecule has 1 aromatic carbocycles. The molecule has 0 unspecified atom stereocenters. The average molecular weight is 422 g/mol. The molecule has 1 aliphatic carbocycles. The number of rotatable bonds is 4. The Bertz CT molecular complexity index is 955. The highest BCUT2D eigenvalue weighted by Gasteiger charge is 2.31. The number of H-pyrrole nitrogens is 1. The predicted octanol–water partition coefficient (Wildman–Crippen LogP) is 5.70. The van der Waals surface area contributed by atoms with Crippen molar-refractivity contribution in [2.45, 2.75) is 56.9 Å². The van der Waals surface area contributed by atoms with Crippen LogP contribution in [-0.2, 0) is 0 Å². The van der Waals surface area contributed by atoms with Crippen LogP contribution in [0, 0.1) is 0 Å². The second-order valence-corrected chi connectivity index (χ2v) is 9.00. The highest BCUT2D eigenvalue weighted by molar-refractivity contribution is 6.30. The molecule has 0 spiro atoms. The molecule has 0 radical (unpaired) electrons. The van der Waals surface area contributed by atoms with Crippen molar-refractivity contribution in [3.05, 3.63) is 53.6 Å². The third-order valence-corrected chi connectivity index (χ3v) is 7.01. The third kappa shape index (κ3) is 4.01. The molecule has 0 amide bonds. The molecule has 30 heavy (non-hydrogen) atoms. The van der Waals surface area contributed by atoms with Gasteiger partial charge in [0.05, 0.1) is 5.69 Å². The summed E-state index contributed by atoms with van der Waals surface area (Å²) in [6.45, 7) is 2.57. The minimum absolute atomic E-state index is 0.490. The van der Waals surface area contributed by atoms with E-state index < -0.39 is 0 Å². The molecule has 3 aromatic rings. The fourth-order valence-corrected chi connectivity index (χ4v) is 5.30. The van der Waals surface area contributed by atoms with Gasteiger partial charge in [0.25, 0.3) is 0 Å². The van der Waals surface area contributed by atoms with Crippen LogP contribution in [0.25, 0.3) is 22.5 Å². The van der Waals surface area contributed by atoms with Crippen LogP contribution < -0.4 is 0 Å².